The fourth-order valence-corrected chi connectivity index (χ4v) is 2.34. The average molecular weight is 263 g/mol. The first-order valence-corrected chi connectivity index (χ1v) is 6.64. The van der Waals surface area contributed by atoms with Gasteiger partial charge in [-0.25, -0.2) is 4.79 Å². The van der Waals surface area contributed by atoms with Crippen LogP contribution in [0.1, 0.15) is 25.3 Å². The minimum atomic E-state index is -0.258. The van der Waals surface area contributed by atoms with Crippen molar-refractivity contribution in [3.8, 4) is 0 Å². The van der Waals surface area contributed by atoms with Gasteiger partial charge in [0.05, 0.1) is 12.1 Å². The minimum Gasteiger partial charge on any atom is -0.445 e. The number of hydrogen-bond acceptors (Lipinski definition) is 3. The lowest BCUT2D eigenvalue weighted by Crippen LogP contribution is -2.49. The maximum atomic E-state index is 12.0. The number of ether oxygens (including phenoxy) is 2. The zero-order chi connectivity index (χ0) is 13.7. The van der Waals surface area contributed by atoms with Crippen molar-refractivity contribution in [3.63, 3.8) is 0 Å². The van der Waals surface area contributed by atoms with E-state index in [-0.39, 0.29) is 11.7 Å². The van der Waals surface area contributed by atoms with Gasteiger partial charge < -0.3 is 14.4 Å². The highest BCUT2D eigenvalue weighted by Crippen LogP contribution is 2.24. The molecule has 1 aliphatic heterocycles. The zero-order valence-corrected chi connectivity index (χ0v) is 11.6. The Morgan fingerprint density at radius 2 is 2.11 bits per heavy atom. The van der Waals surface area contributed by atoms with Gasteiger partial charge in [-0.3, -0.25) is 0 Å². The Kier molecular flexibility index (Phi) is 4.43. The van der Waals surface area contributed by atoms with Gasteiger partial charge >= 0.3 is 6.09 Å². The Balaban J connectivity index is 1.86. The number of carbonyl (C=O) groups excluding carboxylic acids is 1. The lowest BCUT2D eigenvalue weighted by molar-refractivity contribution is -0.0488. The Hall–Kier alpha value is -1.55. The van der Waals surface area contributed by atoms with E-state index in [1.807, 2.05) is 37.3 Å². The molecule has 1 amide bonds. The number of carbonyl (C=O) groups is 1. The second-order valence-corrected chi connectivity index (χ2v) is 5.22. The Bertz CT molecular complexity index is 421. The molecule has 1 atom stereocenters. The molecule has 1 aliphatic rings. The van der Waals surface area contributed by atoms with Gasteiger partial charge in [-0.1, -0.05) is 30.3 Å². The first kappa shape index (κ1) is 13.9. The number of methoxy groups -OCH3 is 1. The molecule has 19 heavy (non-hydrogen) atoms. The van der Waals surface area contributed by atoms with Gasteiger partial charge in [0.2, 0.25) is 0 Å². The van der Waals surface area contributed by atoms with Crippen molar-refractivity contribution in [2.24, 2.45) is 0 Å². The van der Waals surface area contributed by atoms with Gasteiger partial charge in [0.25, 0.3) is 0 Å². The number of nitrogens with zero attached hydrogens (tertiary/aromatic N) is 1. The third-order valence-electron chi connectivity index (χ3n) is 3.62. The predicted octanol–water partition coefficient (Wildman–Crippen LogP) is 2.82. The maximum Gasteiger partial charge on any atom is 0.410 e. The number of likely N-dealkylation sites (tertiary alicyclic amines) is 1. The fourth-order valence-electron chi connectivity index (χ4n) is 2.34. The van der Waals surface area contributed by atoms with Gasteiger partial charge in [-0.05, 0) is 25.3 Å². The maximum absolute atomic E-state index is 12.0. The van der Waals surface area contributed by atoms with Crippen molar-refractivity contribution in [1.82, 2.24) is 4.90 Å². The van der Waals surface area contributed by atoms with Crippen LogP contribution in [-0.4, -0.2) is 36.8 Å². The second kappa shape index (κ2) is 6.06. The third kappa shape index (κ3) is 3.70. The first-order chi connectivity index (χ1) is 9.13. The lowest BCUT2D eigenvalue weighted by atomic mass is 9.95. The number of rotatable bonds is 3. The van der Waals surface area contributed by atoms with Gasteiger partial charge in [-0.2, -0.15) is 0 Å². The molecule has 4 heteroatoms. The smallest absolute Gasteiger partial charge is 0.410 e. The van der Waals surface area contributed by atoms with Gasteiger partial charge in [-0.15, -0.1) is 0 Å². The molecule has 4 nitrogen and oxygen atoms in total. The predicted molar refractivity (Wildman–Crippen MR) is 72.8 cm³/mol. The summed E-state index contributed by atoms with van der Waals surface area (Å²) in [6.45, 7) is 3.69. The molecule has 1 heterocycles. The molecule has 1 unspecified atom stereocenters. The molecule has 0 aliphatic carbocycles. The van der Waals surface area contributed by atoms with Crippen molar-refractivity contribution >= 4 is 6.09 Å². The van der Waals surface area contributed by atoms with Crippen LogP contribution in [0.5, 0.6) is 0 Å². The number of benzene rings is 1. The van der Waals surface area contributed by atoms with E-state index in [1.54, 1.807) is 12.0 Å². The molecule has 0 aromatic heterocycles. The Labute approximate surface area is 114 Å². The molecular formula is C15H21NO3. The highest BCUT2D eigenvalue weighted by molar-refractivity contribution is 5.67. The monoisotopic (exact) mass is 263 g/mol. The van der Waals surface area contributed by atoms with Crippen molar-refractivity contribution in [3.05, 3.63) is 35.9 Å². The normalized spacial score (nSPS) is 23.2. The molecule has 1 aromatic carbocycles. The summed E-state index contributed by atoms with van der Waals surface area (Å²) < 4.78 is 10.8. The standard InChI is InChI=1S/C15H21NO3/c1-15(18-2)9-6-10-16(12-15)14(17)19-11-13-7-4-3-5-8-13/h3-5,7-8H,6,9-12H2,1-2H3. The van der Waals surface area contributed by atoms with Gasteiger partial charge in [0.1, 0.15) is 6.61 Å². The summed E-state index contributed by atoms with van der Waals surface area (Å²) in [5, 5.41) is 0. The number of piperidine rings is 1. The van der Waals surface area contributed by atoms with E-state index in [1.165, 1.54) is 0 Å². The van der Waals surface area contributed by atoms with Crippen molar-refractivity contribution in [1.29, 1.82) is 0 Å². The average Bonchev–Trinajstić information content (AvgIpc) is 2.46. The summed E-state index contributed by atoms with van der Waals surface area (Å²) in [5.41, 5.74) is 0.756. The van der Waals surface area contributed by atoms with Crippen LogP contribution < -0.4 is 0 Å². The largest absolute Gasteiger partial charge is 0.445 e. The van der Waals surface area contributed by atoms with Crippen LogP contribution in [0.2, 0.25) is 0 Å². The summed E-state index contributed by atoms with van der Waals surface area (Å²) in [7, 11) is 1.69. The summed E-state index contributed by atoms with van der Waals surface area (Å²) in [5.74, 6) is 0. The summed E-state index contributed by atoms with van der Waals surface area (Å²) in [6.07, 6.45) is 1.67. The van der Waals surface area contributed by atoms with Crippen LogP contribution in [0.15, 0.2) is 30.3 Å². The molecule has 1 aromatic rings. The van der Waals surface area contributed by atoms with E-state index in [2.05, 4.69) is 0 Å². The molecule has 1 fully saturated rings. The van der Waals surface area contributed by atoms with E-state index < -0.39 is 0 Å². The van der Waals surface area contributed by atoms with E-state index >= 15 is 0 Å². The third-order valence-corrected chi connectivity index (χ3v) is 3.62. The summed E-state index contributed by atoms with van der Waals surface area (Å²) in [4.78, 5) is 13.8. The SMILES string of the molecule is COC1(C)CCCN(C(=O)OCc2ccccc2)C1. The molecule has 0 saturated carbocycles. The van der Waals surface area contributed by atoms with Crippen molar-refractivity contribution < 1.29 is 14.3 Å². The van der Waals surface area contributed by atoms with E-state index in [0.29, 0.717) is 13.2 Å². The molecular weight excluding hydrogens is 242 g/mol. The zero-order valence-electron chi connectivity index (χ0n) is 11.6. The van der Waals surface area contributed by atoms with Crippen molar-refractivity contribution in [2.45, 2.75) is 32.0 Å². The summed E-state index contributed by atoms with van der Waals surface area (Å²) in [6, 6.07) is 9.71. The molecule has 0 N–H and O–H groups in total. The summed E-state index contributed by atoms with van der Waals surface area (Å²) >= 11 is 0. The van der Waals surface area contributed by atoms with Crippen LogP contribution in [-0.2, 0) is 16.1 Å². The van der Waals surface area contributed by atoms with Crippen LogP contribution in [0.3, 0.4) is 0 Å². The first-order valence-electron chi connectivity index (χ1n) is 6.64. The van der Waals surface area contributed by atoms with Gasteiger partial charge in [0.15, 0.2) is 0 Å². The van der Waals surface area contributed by atoms with Gasteiger partial charge in [0, 0.05) is 13.7 Å². The molecule has 0 bridgehead atoms. The highest BCUT2D eigenvalue weighted by atomic mass is 16.6. The topological polar surface area (TPSA) is 38.8 Å². The minimum absolute atomic E-state index is 0.246. The van der Waals surface area contributed by atoms with Crippen LogP contribution >= 0.6 is 0 Å². The molecule has 0 radical (unpaired) electrons. The number of amides is 1. The fraction of sp³-hybridized carbons (Fsp3) is 0.533. The Morgan fingerprint density at radius 1 is 1.37 bits per heavy atom. The van der Waals surface area contributed by atoms with Crippen LogP contribution in [0, 0.1) is 0 Å². The molecule has 2 rings (SSSR count). The molecule has 1 saturated heterocycles. The second-order valence-electron chi connectivity index (χ2n) is 5.22. The number of hydrogen-bond donors (Lipinski definition) is 0. The van der Waals surface area contributed by atoms with E-state index in [4.69, 9.17) is 9.47 Å². The van der Waals surface area contributed by atoms with E-state index in [0.717, 1.165) is 24.9 Å². The lowest BCUT2D eigenvalue weighted by Gasteiger charge is -2.38. The Morgan fingerprint density at radius 3 is 2.79 bits per heavy atom. The van der Waals surface area contributed by atoms with Crippen molar-refractivity contribution in [2.75, 3.05) is 20.2 Å². The van der Waals surface area contributed by atoms with E-state index in [9.17, 15) is 4.79 Å². The van der Waals surface area contributed by atoms with Crippen LogP contribution in [0.25, 0.3) is 0 Å². The molecule has 0 spiro atoms. The quantitative estimate of drug-likeness (QED) is 0.841. The van der Waals surface area contributed by atoms with Crippen LogP contribution in [0.4, 0.5) is 4.79 Å². The highest BCUT2D eigenvalue weighted by Gasteiger charge is 2.33. The molecule has 104 valence electrons.